The molecule has 320 valence electrons. The molecule has 0 radical (unpaired) electrons. The lowest BCUT2D eigenvalue weighted by atomic mass is 9.88. The summed E-state index contributed by atoms with van der Waals surface area (Å²) >= 11 is 0. The van der Waals surface area contributed by atoms with Crippen LogP contribution in [0.4, 0.5) is 17.1 Å². The molecule has 0 unspecified atom stereocenters. The zero-order valence-electron chi connectivity index (χ0n) is 37.5. The predicted molar refractivity (Wildman–Crippen MR) is 288 cm³/mol. The molecule has 11 aromatic carbocycles. The number of hydrogen-bond donors (Lipinski definition) is 0. The van der Waals surface area contributed by atoms with Gasteiger partial charge >= 0.3 is 0 Å². The summed E-state index contributed by atoms with van der Waals surface area (Å²) in [4.78, 5) is 2.48. The summed E-state index contributed by atoms with van der Waals surface area (Å²) in [6.07, 6.45) is 0. The molecule has 0 aliphatic heterocycles. The lowest BCUT2D eigenvalue weighted by Gasteiger charge is -2.30. The highest BCUT2D eigenvalue weighted by Crippen LogP contribution is 2.49. The highest BCUT2D eigenvalue weighted by Gasteiger charge is 2.24. The van der Waals surface area contributed by atoms with E-state index in [9.17, 15) is 0 Å². The summed E-state index contributed by atoms with van der Waals surface area (Å²) < 4.78 is 2.41. The summed E-state index contributed by atoms with van der Waals surface area (Å²) in [5, 5.41) is 2.44. The van der Waals surface area contributed by atoms with Crippen molar-refractivity contribution in [3.8, 4) is 72.4 Å². The quantitative estimate of drug-likeness (QED) is 0.133. The number of rotatable bonds is 10. The molecule has 1 heterocycles. The molecule has 0 saturated heterocycles. The van der Waals surface area contributed by atoms with Crippen LogP contribution in [0.2, 0.25) is 0 Å². The van der Waals surface area contributed by atoms with Crippen molar-refractivity contribution in [2.75, 3.05) is 4.90 Å². The minimum absolute atomic E-state index is 1.05. The van der Waals surface area contributed by atoms with E-state index in [2.05, 4.69) is 289 Å². The zero-order valence-corrected chi connectivity index (χ0v) is 37.5. The Hall–Kier alpha value is -8.98. The van der Waals surface area contributed by atoms with E-state index in [0.29, 0.717) is 0 Å². The van der Waals surface area contributed by atoms with E-state index in [-0.39, 0.29) is 0 Å². The Bertz CT molecular complexity index is 3690. The molecule has 1 aromatic heterocycles. The van der Waals surface area contributed by atoms with Crippen LogP contribution < -0.4 is 4.90 Å². The van der Waals surface area contributed by atoms with Gasteiger partial charge in [0.25, 0.3) is 0 Å². The van der Waals surface area contributed by atoms with Crippen molar-refractivity contribution in [1.82, 2.24) is 4.57 Å². The maximum Gasteiger partial charge on any atom is 0.0561 e. The van der Waals surface area contributed by atoms with E-state index in [1.807, 2.05) is 0 Å². The van der Waals surface area contributed by atoms with Gasteiger partial charge in [0.15, 0.2) is 0 Å². The van der Waals surface area contributed by atoms with Crippen molar-refractivity contribution in [3.63, 3.8) is 0 Å². The Labute approximate surface area is 397 Å². The van der Waals surface area contributed by atoms with Crippen molar-refractivity contribution < 1.29 is 0 Å². The van der Waals surface area contributed by atoms with Crippen molar-refractivity contribution in [2.45, 2.75) is 0 Å². The first kappa shape index (κ1) is 40.5. The normalized spacial score (nSPS) is 11.2. The van der Waals surface area contributed by atoms with Gasteiger partial charge < -0.3 is 9.47 Å². The second-order valence-electron chi connectivity index (χ2n) is 17.2. The monoisotopic (exact) mass is 866 g/mol. The fourth-order valence-corrected chi connectivity index (χ4v) is 10.1. The van der Waals surface area contributed by atoms with Crippen molar-refractivity contribution in [1.29, 1.82) is 0 Å². The van der Waals surface area contributed by atoms with Gasteiger partial charge in [0.1, 0.15) is 0 Å². The lowest BCUT2D eigenvalue weighted by Crippen LogP contribution is -2.12. The van der Waals surface area contributed by atoms with Crippen LogP contribution in [0.5, 0.6) is 0 Å². The molecule has 0 fully saturated rings. The van der Waals surface area contributed by atoms with Gasteiger partial charge in [-0.2, -0.15) is 0 Å². The Morgan fingerprint density at radius 3 is 1.29 bits per heavy atom. The molecule has 2 nitrogen and oxygen atoms in total. The first-order valence-corrected chi connectivity index (χ1v) is 23.3. The van der Waals surface area contributed by atoms with Gasteiger partial charge in [-0.25, -0.2) is 0 Å². The summed E-state index contributed by atoms with van der Waals surface area (Å²) in [5.41, 5.74) is 20.7. The first-order valence-electron chi connectivity index (χ1n) is 23.3. The Morgan fingerprint density at radius 1 is 0.250 bits per heavy atom. The molecule has 0 spiro atoms. The van der Waals surface area contributed by atoms with Gasteiger partial charge in [-0.05, 0) is 116 Å². The first-order chi connectivity index (χ1) is 33.8. The van der Waals surface area contributed by atoms with Gasteiger partial charge in [0, 0.05) is 33.4 Å². The van der Waals surface area contributed by atoms with Crippen LogP contribution in [-0.4, -0.2) is 4.57 Å². The molecular formula is C66H46N2. The highest BCUT2D eigenvalue weighted by atomic mass is 15.1. The molecule has 68 heavy (non-hydrogen) atoms. The number of benzene rings is 11. The van der Waals surface area contributed by atoms with E-state index in [0.717, 1.165) is 61.6 Å². The molecular weight excluding hydrogens is 821 g/mol. The van der Waals surface area contributed by atoms with Crippen LogP contribution in [0.3, 0.4) is 0 Å². The van der Waals surface area contributed by atoms with Crippen LogP contribution in [0.25, 0.3) is 94.3 Å². The molecule has 12 aromatic rings. The van der Waals surface area contributed by atoms with Gasteiger partial charge in [-0.1, -0.05) is 224 Å². The minimum Gasteiger partial charge on any atom is -0.310 e. The standard InChI is InChI=1S/C66H46N2/c1-6-22-47(23-7-1)52-44-62(49-26-10-3-11-27-49)66(51-28-12-4-13-29-51)65(45-52)67(55-42-43-61-60-36-20-21-37-63(60)68(64(61)46-55)53-30-14-5-15-31-53)54-40-38-50(39-41-54)57-33-17-19-35-59(57)58-34-18-16-32-56(58)48-24-8-2-9-25-48/h1-46H. The Kier molecular flexibility index (Phi) is 10.6. The van der Waals surface area contributed by atoms with Crippen molar-refractivity contribution in [2.24, 2.45) is 0 Å². The van der Waals surface area contributed by atoms with E-state index in [1.165, 1.54) is 49.7 Å². The third kappa shape index (κ3) is 7.45. The molecule has 0 N–H and O–H groups in total. The Morgan fingerprint density at radius 2 is 0.691 bits per heavy atom. The molecule has 0 saturated carbocycles. The van der Waals surface area contributed by atoms with Crippen LogP contribution in [-0.2, 0) is 0 Å². The molecule has 2 heteroatoms. The van der Waals surface area contributed by atoms with Crippen LogP contribution in [0.1, 0.15) is 0 Å². The van der Waals surface area contributed by atoms with E-state index in [4.69, 9.17) is 0 Å². The smallest absolute Gasteiger partial charge is 0.0561 e. The number of para-hydroxylation sites is 2. The minimum atomic E-state index is 1.05. The second-order valence-corrected chi connectivity index (χ2v) is 17.2. The molecule has 0 atom stereocenters. The number of anilines is 3. The fourth-order valence-electron chi connectivity index (χ4n) is 10.1. The summed E-state index contributed by atoms with van der Waals surface area (Å²) in [6, 6.07) is 101. The van der Waals surface area contributed by atoms with E-state index >= 15 is 0 Å². The van der Waals surface area contributed by atoms with Crippen LogP contribution in [0.15, 0.2) is 279 Å². The summed E-state index contributed by atoms with van der Waals surface area (Å²) in [5.74, 6) is 0. The molecule has 0 bridgehead atoms. The maximum absolute atomic E-state index is 2.48. The lowest BCUT2D eigenvalue weighted by molar-refractivity contribution is 1.18. The molecule has 12 rings (SSSR count). The molecule has 0 aliphatic carbocycles. The van der Waals surface area contributed by atoms with Gasteiger partial charge in [0.05, 0.1) is 16.7 Å². The van der Waals surface area contributed by atoms with Gasteiger partial charge in [-0.15, -0.1) is 0 Å². The molecule has 0 amide bonds. The number of hydrogen-bond acceptors (Lipinski definition) is 1. The van der Waals surface area contributed by atoms with E-state index < -0.39 is 0 Å². The summed E-state index contributed by atoms with van der Waals surface area (Å²) in [7, 11) is 0. The van der Waals surface area contributed by atoms with Gasteiger partial charge in [0.2, 0.25) is 0 Å². The Balaban J connectivity index is 1.12. The third-order valence-corrected chi connectivity index (χ3v) is 13.2. The number of aromatic nitrogens is 1. The molecule has 0 aliphatic rings. The average molecular weight is 867 g/mol. The zero-order chi connectivity index (χ0) is 45.2. The third-order valence-electron chi connectivity index (χ3n) is 13.2. The van der Waals surface area contributed by atoms with Gasteiger partial charge in [-0.3, -0.25) is 0 Å². The van der Waals surface area contributed by atoms with Crippen molar-refractivity contribution >= 4 is 38.9 Å². The number of nitrogens with zero attached hydrogens (tertiary/aromatic N) is 2. The van der Waals surface area contributed by atoms with Crippen LogP contribution >= 0.6 is 0 Å². The largest absolute Gasteiger partial charge is 0.310 e. The maximum atomic E-state index is 2.48. The second kappa shape index (κ2) is 17.8. The topological polar surface area (TPSA) is 8.17 Å². The predicted octanol–water partition coefficient (Wildman–Crippen LogP) is 18.3. The summed E-state index contributed by atoms with van der Waals surface area (Å²) in [6.45, 7) is 0. The number of fused-ring (bicyclic) bond motifs is 3. The fraction of sp³-hybridized carbons (Fsp3) is 0. The van der Waals surface area contributed by atoms with Crippen LogP contribution in [0, 0.1) is 0 Å². The highest BCUT2D eigenvalue weighted by molar-refractivity contribution is 6.11. The van der Waals surface area contributed by atoms with Crippen molar-refractivity contribution in [3.05, 3.63) is 279 Å². The average Bonchev–Trinajstić information content (AvgIpc) is 3.76. The van der Waals surface area contributed by atoms with E-state index in [1.54, 1.807) is 0 Å². The SMILES string of the molecule is c1ccc(-c2cc(-c3ccccc3)c(-c3ccccc3)c(N(c3ccc(-c4ccccc4-c4ccccc4-c4ccccc4)cc3)c3ccc4c5ccccc5n(-c5ccccc5)c4c3)c2)cc1.